The van der Waals surface area contributed by atoms with E-state index >= 15 is 0 Å². The number of piperidine rings is 1. The van der Waals surface area contributed by atoms with Crippen molar-refractivity contribution in [2.45, 2.75) is 25.9 Å². The number of carbonyl (C=O) groups excluding carboxylic acids is 1. The Hall–Kier alpha value is -4.14. The quantitative estimate of drug-likeness (QED) is 0.374. The number of nitrogens with two attached hydrogens (primary N) is 2. The van der Waals surface area contributed by atoms with Crippen LogP contribution in [0.25, 0.3) is 38.9 Å². The van der Waals surface area contributed by atoms with Gasteiger partial charge in [-0.3, -0.25) is 14.1 Å². The van der Waals surface area contributed by atoms with E-state index in [0.29, 0.717) is 13.1 Å². The van der Waals surface area contributed by atoms with E-state index in [0.717, 1.165) is 76.3 Å². The highest BCUT2D eigenvalue weighted by atomic mass is 16.1. The molecule has 1 aliphatic heterocycles. The molecule has 1 fully saturated rings. The van der Waals surface area contributed by atoms with Gasteiger partial charge in [0.2, 0.25) is 5.91 Å². The molecule has 4 N–H and O–H groups in total. The number of pyridine rings is 2. The van der Waals surface area contributed by atoms with Gasteiger partial charge >= 0.3 is 0 Å². The van der Waals surface area contributed by atoms with Crippen LogP contribution in [0.2, 0.25) is 0 Å². The minimum Gasteiger partial charge on any atom is -0.369 e. The van der Waals surface area contributed by atoms with Crippen molar-refractivity contribution in [1.82, 2.24) is 24.5 Å². The third-order valence-corrected chi connectivity index (χ3v) is 7.34. The highest BCUT2D eigenvalue weighted by Gasteiger charge is 2.24. The number of aromatic nitrogens is 4. The molecule has 0 unspecified atom stereocenters. The molecule has 5 aromatic rings. The average Bonchev–Trinajstić information content (AvgIpc) is 3.36. The summed E-state index contributed by atoms with van der Waals surface area (Å²) in [6.45, 7) is 2.82. The van der Waals surface area contributed by atoms with Crippen molar-refractivity contribution in [3.05, 3.63) is 84.3 Å². The average molecular weight is 492 g/mol. The van der Waals surface area contributed by atoms with Crippen molar-refractivity contribution in [2.75, 3.05) is 13.1 Å². The van der Waals surface area contributed by atoms with Gasteiger partial charge in [0.25, 0.3) is 0 Å². The van der Waals surface area contributed by atoms with Gasteiger partial charge in [0.1, 0.15) is 0 Å². The first-order valence-electron chi connectivity index (χ1n) is 12.6. The lowest BCUT2D eigenvalue weighted by Crippen LogP contribution is -2.38. The second-order valence-corrected chi connectivity index (χ2v) is 9.66. The van der Waals surface area contributed by atoms with Crippen LogP contribution in [0.4, 0.5) is 0 Å². The summed E-state index contributed by atoms with van der Waals surface area (Å²) in [6.07, 6.45) is 3.57. The monoisotopic (exact) mass is 491 g/mol. The summed E-state index contributed by atoms with van der Waals surface area (Å²) in [7, 11) is 0. The molecule has 0 saturated carbocycles. The summed E-state index contributed by atoms with van der Waals surface area (Å²) in [5, 5.41) is 10.1. The van der Waals surface area contributed by atoms with Crippen molar-refractivity contribution in [3.8, 4) is 22.4 Å². The highest BCUT2D eigenvalue weighted by molar-refractivity contribution is 5.98. The van der Waals surface area contributed by atoms with Gasteiger partial charge < -0.3 is 11.5 Å². The zero-order chi connectivity index (χ0) is 25.4. The summed E-state index contributed by atoms with van der Waals surface area (Å²) >= 11 is 0. The number of hydrogen-bond acceptors (Lipinski definition) is 6. The van der Waals surface area contributed by atoms with E-state index in [2.05, 4.69) is 62.0 Å². The Morgan fingerprint density at radius 2 is 1.70 bits per heavy atom. The lowest BCUT2D eigenvalue weighted by molar-refractivity contribution is -0.123. The van der Waals surface area contributed by atoms with Crippen LogP contribution in [0.15, 0.2) is 72.9 Å². The molecule has 1 amide bonds. The van der Waals surface area contributed by atoms with Crippen LogP contribution >= 0.6 is 0 Å². The maximum Gasteiger partial charge on any atom is 0.220 e. The third kappa shape index (κ3) is 4.45. The minimum atomic E-state index is -0.199. The Morgan fingerprint density at radius 1 is 0.946 bits per heavy atom. The zero-order valence-electron chi connectivity index (χ0n) is 20.5. The van der Waals surface area contributed by atoms with Gasteiger partial charge in [-0.2, -0.15) is 0 Å². The first kappa shape index (κ1) is 23.3. The molecule has 3 aromatic heterocycles. The van der Waals surface area contributed by atoms with E-state index < -0.39 is 0 Å². The fourth-order valence-electron chi connectivity index (χ4n) is 5.18. The number of hydrogen-bond donors (Lipinski definition) is 2. The highest BCUT2D eigenvalue weighted by Crippen LogP contribution is 2.34. The summed E-state index contributed by atoms with van der Waals surface area (Å²) < 4.78 is 2.05. The molecule has 0 radical (unpaired) electrons. The van der Waals surface area contributed by atoms with Crippen LogP contribution < -0.4 is 11.5 Å². The van der Waals surface area contributed by atoms with Crippen LogP contribution in [0, 0.1) is 5.92 Å². The molecule has 0 bridgehead atoms. The van der Waals surface area contributed by atoms with Gasteiger partial charge in [0.15, 0.2) is 11.5 Å². The van der Waals surface area contributed by atoms with Gasteiger partial charge in [0, 0.05) is 35.2 Å². The van der Waals surface area contributed by atoms with Crippen molar-refractivity contribution >= 4 is 22.5 Å². The van der Waals surface area contributed by atoms with Gasteiger partial charge in [-0.25, -0.2) is 4.98 Å². The zero-order valence-corrected chi connectivity index (χ0v) is 20.5. The lowest BCUT2D eigenvalue weighted by atomic mass is 9.96. The molecule has 37 heavy (non-hydrogen) atoms. The predicted molar refractivity (Wildman–Crippen MR) is 144 cm³/mol. The van der Waals surface area contributed by atoms with Gasteiger partial charge in [-0.15, -0.1) is 10.2 Å². The summed E-state index contributed by atoms with van der Waals surface area (Å²) in [6, 6.07) is 22.8. The van der Waals surface area contributed by atoms with Crippen molar-refractivity contribution in [3.63, 3.8) is 0 Å². The fraction of sp³-hybridized carbons (Fsp3) is 0.241. The number of primary amides is 1. The van der Waals surface area contributed by atoms with Crippen molar-refractivity contribution in [1.29, 1.82) is 0 Å². The normalized spacial score (nSPS) is 14.9. The number of benzene rings is 2. The topological polar surface area (TPSA) is 115 Å². The molecule has 0 aliphatic carbocycles. The minimum absolute atomic E-state index is 0.0291. The van der Waals surface area contributed by atoms with Crippen LogP contribution in [-0.4, -0.2) is 43.5 Å². The number of fused-ring (bicyclic) bond motifs is 3. The van der Waals surface area contributed by atoms with E-state index in [4.69, 9.17) is 16.5 Å². The Kier molecular flexibility index (Phi) is 6.12. The van der Waals surface area contributed by atoms with E-state index in [9.17, 15) is 4.79 Å². The molecule has 186 valence electrons. The second-order valence-electron chi connectivity index (χ2n) is 9.66. The molecule has 0 spiro atoms. The summed E-state index contributed by atoms with van der Waals surface area (Å²) in [5.41, 5.74) is 18.1. The van der Waals surface area contributed by atoms with Crippen LogP contribution in [0.5, 0.6) is 0 Å². The summed E-state index contributed by atoms with van der Waals surface area (Å²) in [5.74, 6) is 0.645. The summed E-state index contributed by atoms with van der Waals surface area (Å²) in [4.78, 5) is 18.9. The first-order valence-corrected chi connectivity index (χ1v) is 12.6. The number of rotatable bonds is 6. The molecule has 0 atom stereocenters. The maximum atomic E-state index is 11.5. The Labute approximate surface area is 214 Å². The predicted octanol–water partition coefficient (Wildman–Crippen LogP) is 3.77. The SMILES string of the molecule is NCc1ccc(-c2nc3ccn4c(CN5CCC(C(N)=O)CC5)nnc4c3cc2-c2ccccc2)cc1. The third-order valence-electron chi connectivity index (χ3n) is 7.34. The molecule has 8 nitrogen and oxygen atoms in total. The second kappa shape index (κ2) is 9.72. The van der Waals surface area contributed by atoms with Crippen molar-refractivity contribution in [2.24, 2.45) is 17.4 Å². The number of likely N-dealkylation sites (tertiary alicyclic amines) is 1. The maximum absolute atomic E-state index is 11.5. The molecule has 6 rings (SSSR count). The van der Waals surface area contributed by atoms with Crippen LogP contribution in [0.1, 0.15) is 24.2 Å². The van der Waals surface area contributed by atoms with Gasteiger partial charge in [-0.1, -0.05) is 54.6 Å². The largest absolute Gasteiger partial charge is 0.369 e. The van der Waals surface area contributed by atoms with E-state index in [1.807, 2.05) is 30.5 Å². The van der Waals surface area contributed by atoms with Crippen LogP contribution in [-0.2, 0) is 17.9 Å². The van der Waals surface area contributed by atoms with E-state index in [1.165, 1.54) is 0 Å². The number of carbonyl (C=O) groups is 1. The number of nitrogens with zero attached hydrogens (tertiary/aromatic N) is 5. The first-order chi connectivity index (χ1) is 18.1. The fourth-order valence-corrected chi connectivity index (χ4v) is 5.18. The Morgan fingerprint density at radius 3 is 2.41 bits per heavy atom. The van der Waals surface area contributed by atoms with Crippen molar-refractivity contribution < 1.29 is 4.79 Å². The Bertz CT molecular complexity index is 1570. The molecule has 4 heterocycles. The smallest absolute Gasteiger partial charge is 0.220 e. The Balaban J connectivity index is 1.41. The lowest BCUT2D eigenvalue weighted by Gasteiger charge is -2.29. The molecule has 1 saturated heterocycles. The molecule has 8 heteroatoms. The molecular formula is C29H29N7O. The van der Waals surface area contributed by atoms with Gasteiger partial charge in [-0.05, 0) is 49.2 Å². The van der Waals surface area contributed by atoms with Crippen LogP contribution in [0.3, 0.4) is 0 Å². The van der Waals surface area contributed by atoms with Gasteiger partial charge in [0.05, 0.1) is 17.8 Å². The molecule has 2 aromatic carbocycles. The number of amides is 1. The van der Waals surface area contributed by atoms with E-state index in [-0.39, 0.29) is 11.8 Å². The molecular weight excluding hydrogens is 462 g/mol. The van der Waals surface area contributed by atoms with E-state index in [1.54, 1.807) is 0 Å². The standard InChI is InChI=1S/C29H29N7O/c30-17-19-6-8-21(9-7-19)27-23(20-4-2-1-3-5-20)16-24-25(32-27)12-15-36-26(33-34-29(24)36)18-35-13-10-22(11-14-35)28(31)37/h1-9,12,15-16,22H,10-11,13-14,17-18,30H2,(H2,31,37). The molecule has 1 aliphatic rings.